The second-order valence-electron chi connectivity index (χ2n) is 3.37. The number of carbonyl (C=O) groups excluding carboxylic acids is 2. The molecule has 1 aromatic heterocycles. The molecule has 1 aromatic rings. The van der Waals surface area contributed by atoms with E-state index in [1.165, 1.54) is 13.3 Å². The maximum absolute atomic E-state index is 11.8. The molecular weight excluding hydrogens is 222 g/mol. The van der Waals surface area contributed by atoms with Gasteiger partial charge in [0, 0.05) is 12.4 Å². The lowest BCUT2D eigenvalue weighted by molar-refractivity contribution is -0.143. The van der Waals surface area contributed by atoms with Crippen molar-refractivity contribution in [1.29, 1.82) is 0 Å². The van der Waals surface area contributed by atoms with Gasteiger partial charge in [-0.25, -0.2) is 4.79 Å². The number of hydrogen-bond acceptors (Lipinski definition) is 5. The summed E-state index contributed by atoms with van der Waals surface area (Å²) in [5, 5.41) is 2.55. The number of rotatable bonds is 5. The summed E-state index contributed by atoms with van der Waals surface area (Å²) in [5.41, 5.74) is 5.75. The van der Waals surface area contributed by atoms with Crippen LogP contribution in [0.2, 0.25) is 0 Å². The van der Waals surface area contributed by atoms with E-state index in [0.717, 1.165) is 0 Å². The second-order valence-corrected chi connectivity index (χ2v) is 3.37. The number of hydrogen-bond donors (Lipinski definition) is 2. The minimum absolute atomic E-state index is 0.285. The molecule has 0 saturated heterocycles. The fourth-order valence-corrected chi connectivity index (χ4v) is 1.30. The molecule has 6 heteroatoms. The molecule has 0 fully saturated rings. The van der Waals surface area contributed by atoms with E-state index >= 15 is 0 Å². The molecule has 1 rings (SSSR count). The van der Waals surface area contributed by atoms with Crippen LogP contribution in [-0.2, 0) is 9.53 Å². The van der Waals surface area contributed by atoms with E-state index in [1.807, 2.05) is 0 Å². The standard InChI is InChI=1S/C11H15N3O3/c1-17-11(16)9(4-5-12)14-10(15)8-3-2-6-13-7-8/h2-3,6-7,9H,4-5,12H2,1H3,(H,14,15). The lowest BCUT2D eigenvalue weighted by atomic mass is 10.2. The number of nitrogens with one attached hydrogen (secondary N) is 1. The molecule has 0 bridgehead atoms. The number of ether oxygens (including phenoxy) is 1. The number of carbonyl (C=O) groups is 2. The van der Waals surface area contributed by atoms with Crippen molar-refractivity contribution in [2.24, 2.45) is 5.73 Å². The van der Waals surface area contributed by atoms with E-state index in [2.05, 4.69) is 15.0 Å². The first kappa shape index (κ1) is 13.1. The SMILES string of the molecule is COC(=O)C(CCN)NC(=O)c1cccnc1. The number of nitrogens with zero attached hydrogens (tertiary/aromatic N) is 1. The van der Waals surface area contributed by atoms with Gasteiger partial charge < -0.3 is 15.8 Å². The molecule has 1 heterocycles. The lowest BCUT2D eigenvalue weighted by Crippen LogP contribution is -2.42. The van der Waals surface area contributed by atoms with E-state index < -0.39 is 12.0 Å². The molecule has 1 unspecified atom stereocenters. The van der Waals surface area contributed by atoms with Crippen molar-refractivity contribution in [3.63, 3.8) is 0 Å². The number of nitrogens with two attached hydrogens (primary N) is 1. The van der Waals surface area contributed by atoms with Crippen LogP contribution in [0.1, 0.15) is 16.8 Å². The van der Waals surface area contributed by atoms with Crippen molar-refractivity contribution >= 4 is 11.9 Å². The number of pyridine rings is 1. The average Bonchev–Trinajstić information content (AvgIpc) is 2.38. The Morgan fingerprint density at radius 3 is 2.88 bits per heavy atom. The minimum Gasteiger partial charge on any atom is -0.467 e. The Labute approximate surface area is 99.2 Å². The Kier molecular flexibility index (Phi) is 5.09. The fraction of sp³-hybridized carbons (Fsp3) is 0.364. The zero-order valence-corrected chi connectivity index (χ0v) is 9.55. The summed E-state index contributed by atoms with van der Waals surface area (Å²) < 4.78 is 4.58. The molecule has 0 aliphatic rings. The quantitative estimate of drug-likeness (QED) is 0.686. The van der Waals surface area contributed by atoms with E-state index in [-0.39, 0.29) is 12.5 Å². The van der Waals surface area contributed by atoms with Crippen molar-refractivity contribution in [3.05, 3.63) is 30.1 Å². The molecule has 92 valence electrons. The van der Waals surface area contributed by atoms with Gasteiger partial charge in [0.25, 0.3) is 5.91 Å². The van der Waals surface area contributed by atoms with Gasteiger partial charge in [0.1, 0.15) is 6.04 Å². The number of aromatic nitrogens is 1. The van der Waals surface area contributed by atoms with Gasteiger partial charge in [-0.2, -0.15) is 0 Å². The monoisotopic (exact) mass is 237 g/mol. The number of methoxy groups -OCH3 is 1. The van der Waals surface area contributed by atoms with Crippen molar-refractivity contribution in [1.82, 2.24) is 10.3 Å². The molecule has 0 saturated carbocycles. The smallest absolute Gasteiger partial charge is 0.328 e. The molecule has 0 aromatic carbocycles. The highest BCUT2D eigenvalue weighted by molar-refractivity contribution is 5.96. The first-order valence-electron chi connectivity index (χ1n) is 5.17. The van der Waals surface area contributed by atoms with Gasteiger partial charge in [0.15, 0.2) is 0 Å². The zero-order valence-electron chi connectivity index (χ0n) is 9.55. The summed E-state index contributed by atoms with van der Waals surface area (Å²) in [5.74, 6) is -0.880. The van der Waals surface area contributed by atoms with Crippen molar-refractivity contribution < 1.29 is 14.3 Å². The summed E-state index contributed by atoms with van der Waals surface area (Å²) in [6, 6.07) is 2.53. The Morgan fingerprint density at radius 1 is 1.59 bits per heavy atom. The van der Waals surface area contributed by atoms with Crippen molar-refractivity contribution in [2.45, 2.75) is 12.5 Å². The van der Waals surface area contributed by atoms with Gasteiger partial charge in [-0.05, 0) is 25.1 Å². The Bertz CT molecular complexity index is 381. The van der Waals surface area contributed by atoms with Crippen LogP contribution in [0.3, 0.4) is 0 Å². The zero-order chi connectivity index (χ0) is 12.7. The average molecular weight is 237 g/mol. The second kappa shape index (κ2) is 6.59. The van der Waals surface area contributed by atoms with E-state index in [0.29, 0.717) is 12.0 Å². The van der Waals surface area contributed by atoms with Crippen LogP contribution in [0, 0.1) is 0 Å². The lowest BCUT2D eigenvalue weighted by Gasteiger charge is -2.15. The van der Waals surface area contributed by atoms with E-state index in [1.54, 1.807) is 18.3 Å². The van der Waals surface area contributed by atoms with Crippen LogP contribution in [-0.4, -0.2) is 36.6 Å². The molecule has 0 spiro atoms. The largest absolute Gasteiger partial charge is 0.467 e. The van der Waals surface area contributed by atoms with E-state index in [4.69, 9.17) is 5.73 Å². The molecule has 0 aliphatic carbocycles. The molecule has 6 nitrogen and oxygen atoms in total. The summed E-state index contributed by atoms with van der Waals surface area (Å²) in [6.45, 7) is 0.285. The fourth-order valence-electron chi connectivity index (χ4n) is 1.30. The highest BCUT2D eigenvalue weighted by atomic mass is 16.5. The molecular formula is C11H15N3O3. The Hall–Kier alpha value is -1.95. The van der Waals surface area contributed by atoms with Gasteiger partial charge >= 0.3 is 5.97 Å². The topological polar surface area (TPSA) is 94.3 Å². The van der Waals surface area contributed by atoms with Crippen LogP contribution in [0.25, 0.3) is 0 Å². The maximum atomic E-state index is 11.8. The third-order valence-corrected chi connectivity index (χ3v) is 2.17. The third kappa shape index (κ3) is 3.84. The van der Waals surface area contributed by atoms with Gasteiger partial charge in [0.2, 0.25) is 0 Å². The molecule has 0 radical (unpaired) electrons. The molecule has 3 N–H and O–H groups in total. The number of amides is 1. The normalized spacial score (nSPS) is 11.6. The van der Waals surface area contributed by atoms with Crippen LogP contribution in [0.5, 0.6) is 0 Å². The van der Waals surface area contributed by atoms with Gasteiger partial charge in [-0.1, -0.05) is 0 Å². The highest BCUT2D eigenvalue weighted by Crippen LogP contribution is 1.99. The van der Waals surface area contributed by atoms with Gasteiger partial charge in [-0.15, -0.1) is 0 Å². The van der Waals surface area contributed by atoms with E-state index in [9.17, 15) is 9.59 Å². The summed E-state index contributed by atoms with van der Waals surface area (Å²) in [4.78, 5) is 26.9. The summed E-state index contributed by atoms with van der Waals surface area (Å²) >= 11 is 0. The number of esters is 1. The predicted octanol–water partition coefficient (Wildman–Crippen LogP) is -0.298. The summed E-state index contributed by atoms with van der Waals surface area (Å²) in [6.07, 6.45) is 3.32. The maximum Gasteiger partial charge on any atom is 0.328 e. The highest BCUT2D eigenvalue weighted by Gasteiger charge is 2.21. The van der Waals surface area contributed by atoms with Gasteiger partial charge in [0.05, 0.1) is 12.7 Å². The van der Waals surface area contributed by atoms with Crippen LogP contribution in [0.4, 0.5) is 0 Å². The molecule has 1 atom stereocenters. The van der Waals surface area contributed by atoms with Crippen LogP contribution < -0.4 is 11.1 Å². The molecule has 0 aliphatic heterocycles. The van der Waals surface area contributed by atoms with Crippen molar-refractivity contribution in [3.8, 4) is 0 Å². The van der Waals surface area contributed by atoms with Crippen LogP contribution >= 0.6 is 0 Å². The van der Waals surface area contributed by atoms with Crippen molar-refractivity contribution in [2.75, 3.05) is 13.7 Å². The Balaban J connectivity index is 2.67. The van der Waals surface area contributed by atoms with Crippen LogP contribution in [0.15, 0.2) is 24.5 Å². The first-order valence-corrected chi connectivity index (χ1v) is 5.17. The minimum atomic E-state index is -0.724. The Morgan fingerprint density at radius 2 is 2.35 bits per heavy atom. The third-order valence-electron chi connectivity index (χ3n) is 2.17. The van der Waals surface area contributed by atoms with Gasteiger partial charge in [-0.3, -0.25) is 9.78 Å². The predicted molar refractivity (Wildman–Crippen MR) is 61.2 cm³/mol. The first-order chi connectivity index (χ1) is 8.19. The summed E-state index contributed by atoms with van der Waals surface area (Å²) in [7, 11) is 1.27. The molecule has 17 heavy (non-hydrogen) atoms. The molecule has 1 amide bonds.